The van der Waals surface area contributed by atoms with Gasteiger partial charge in [0.05, 0.1) is 0 Å². The summed E-state index contributed by atoms with van der Waals surface area (Å²) in [6.45, 7) is 4.22. The van der Waals surface area contributed by atoms with Gasteiger partial charge in [-0.2, -0.15) is 0 Å². The third kappa shape index (κ3) is 4.18. The molecule has 88 valence electrons. The van der Waals surface area contributed by atoms with Crippen molar-refractivity contribution in [3.8, 4) is 0 Å². The summed E-state index contributed by atoms with van der Waals surface area (Å²) in [4.78, 5) is 10.7. The molecule has 0 aliphatic carbocycles. The number of hydrogen-bond acceptors (Lipinski definition) is 1. The normalized spacial score (nSPS) is 14.4. The van der Waals surface area contributed by atoms with Gasteiger partial charge in [0.2, 0.25) is 0 Å². The van der Waals surface area contributed by atoms with Crippen molar-refractivity contribution < 1.29 is 4.79 Å². The van der Waals surface area contributed by atoms with Crippen LogP contribution in [0.25, 0.3) is 0 Å². The average Bonchev–Trinajstić information content (AvgIpc) is 2.35. The fourth-order valence-corrected chi connectivity index (χ4v) is 2.10. The van der Waals surface area contributed by atoms with E-state index in [0.29, 0.717) is 5.92 Å². The highest BCUT2D eigenvalue weighted by molar-refractivity contribution is 5.52. The van der Waals surface area contributed by atoms with Crippen LogP contribution in [0.1, 0.15) is 51.0 Å². The van der Waals surface area contributed by atoms with Gasteiger partial charge in [0.15, 0.2) is 0 Å². The lowest BCUT2D eigenvalue weighted by Crippen LogP contribution is -2.06. The highest BCUT2D eigenvalue weighted by atomic mass is 16.1. The lowest BCUT2D eigenvalue weighted by atomic mass is 9.86. The number of benzene rings is 1. The molecule has 0 radical (unpaired) electrons. The van der Waals surface area contributed by atoms with Gasteiger partial charge in [0.25, 0.3) is 0 Å². The summed E-state index contributed by atoms with van der Waals surface area (Å²) in [6.07, 6.45) is 5.71. The predicted molar refractivity (Wildman–Crippen MR) is 68.6 cm³/mol. The van der Waals surface area contributed by atoms with Crippen molar-refractivity contribution in [2.75, 3.05) is 0 Å². The summed E-state index contributed by atoms with van der Waals surface area (Å²) in [6, 6.07) is 10.6. The summed E-state index contributed by atoms with van der Waals surface area (Å²) in [7, 11) is 0. The average molecular weight is 218 g/mol. The number of carbonyl (C=O) groups excluding carboxylic acids is 1. The van der Waals surface area contributed by atoms with E-state index in [1.54, 1.807) is 0 Å². The Balaban J connectivity index is 2.67. The van der Waals surface area contributed by atoms with Crippen LogP contribution < -0.4 is 0 Å². The lowest BCUT2D eigenvalue weighted by Gasteiger charge is -2.18. The van der Waals surface area contributed by atoms with Crippen molar-refractivity contribution in [1.82, 2.24) is 0 Å². The largest absolute Gasteiger partial charge is 0.303 e. The van der Waals surface area contributed by atoms with Crippen molar-refractivity contribution in [3.63, 3.8) is 0 Å². The number of rotatable bonds is 7. The minimum atomic E-state index is 0.169. The Hall–Kier alpha value is -1.11. The molecular weight excluding hydrogens is 196 g/mol. The highest BCUT2D eigenvalue weighted by Gasteiger charge is 2.14. The van der Waals surface area contributed by atoms with Gasteiger partial charge in [0, 0.05) is 5.92 Å². The molecule has 1 aromatic carbocycles. The molecule has 0 spiro atoms. The molecule has 0 saturated carbocycles. The standard InChI is InChI=1S/C15H22O/c1-3-4-8-15(11-13(2)12-16)14-9-6-5-7-10-14/h5-7,9-10,12-13,15H,3-4,8,11H2,1-2H3. The molecule has 0 aliphatic heterocycles. The first-order valence-corrected chi connectivity index (χ1v) is 6.28. The summed E-state index contributed by atoms with van der Waals surface area (Å²) < 4.78 is 0. The van der Waals surface area contributed by atoms with Gasteiger partial charge >= 0.3 is 0 Å². The Morgan fingerprint density at radius 2 is 1.94 bits per heavy atom. The number of aldehydes is 1. The molecule has 1 nitrogen and oxygen atoms in total. The van der Waals surface area contributed by atoms with E-state index in [1.807, 2.05) is 13.0 Å². The van der Waals surface area contributed by atoms with Crippen molar-refractivity contribution in [2.45, 2.75) is 45.4 Å². The molecule has 2 unspecified atom stereocenters. The van der Waals surface area contributed by atoms with Gasteiger partial charge in [0.1, 0.15) is 6.29 Å². The van der Waals surface area contributed by atoms with Gasteiger partial charge in [-0.15, -0.1) is 0 Å². The molecule has 1 aromatic rings. The van der Waals surface area contributed by atoms with Crippen LogP contribution in [-0.4, -0.2) is 6.29 Å². The van der Waals surface area contributed by atoms with Crippen LogP contribution in [-0.2, 0) is 4.79 Å². The first-order valence-electron chi connectivity index (χ1n) is 6.28. The van der Waals surface area contributed by atoms with Crippen LogP contribution in [0.15, 0.2) is 30.3 Å². The maximum atomic E-state index is 10.7. The fourth-order valence-electron chi connectivity index (χ4n) is 2.10. The van der Waals surface area contributed by atoms with Gasteiger partial charge in [-0.05, 0) is 24.3 Å². The molecule has 0 saturated heterocycles. The quantitative estimate of drug-likeness (QED) is 0.627. The van der Waals surface area contributed by atoms with E-state index in [-0.39, 0.29) is 5.92 Å². The molecule has 16 heavy (non-hydrogen) atoms. The molecule has 1 rings (SSSR count). The summed E-state index contributed by atoms with van der Waals surface area (Å²) in [5.74, 6) is 0.711. The maximum absolute atomic E-state index is 10.7. The SMILES string of the molecule is CCCCC(CC(C)C=O)c1ccccc1. The van der Waals surface area contributed by atoms with Crippen molar-refractivity contribution in [2.24, 2.45) is 5.92 Å². The zero-order chi connectivity index (χ0) is 11.8. The molecule has 0 fully saturated rings. The molecule has 0 amide bonds. The Bertz CT molecular complexity index is 292. The second kappa shape index (κ2) is 7.21. The molecule has 2 atom stereocenters. The van der Waals surface area contributed by atoms with Crippen LogP contribution in [0, 0.1) is 5.92 Å². The van der Waals surface area contributed by atoms with Crippen LogP contribution in [0.4, 0.5) is 0 Å². The first-order chi connectivity index (χ1) is 7.77. The smallest absolute Gasteiger partial charge is 0.122 e. The van der Waals surface area contributed by atoms with Crippen LogP contribution in [0.2, 0.25) is 0 Å². The molecule has 0 N–H and O–H groups in total. The van der Waals surface area contributed by atoms with Crippen molar-refractivity contribution in [3.05, 3.63) is 35.9 Å². The number of unbranched alkanes of at least 4 members (excludes halogenated alkanes) is 1. The van der Waals surface area contributed by atoms with E-state index < -0.39 is 0 Å². The third-order valence-corrected chi connectivity index (χ3v) is 3.07. The first kappa shape index (κ1) is 13.0. The van der Waals surface area contributed by atoms with Crippen LogP contribution in [0.3, 0.4) is 0 Å². The van der Waals surface area contributed by atoms with E-state index in [0.717, 1.165) is 12.7 Å². The Morgan fingerprint density at radius 1 is 1.25 bits per heavy atom. The van der Waals surface area contributed by atoms with Gasteiger partial charge in [-0.25, -0.2) is 0 Å². The molecule has 0 aromatic heterocycles. The zero-order valence-electron chi connectivity index (χ0n) is 10.4. The Kier molecular flexibility index (Phi) is 5.84. The molecule has 0 bridgehead atoms. The molecular formula is C15H22O. The van der Waals surface area contributed by atoms with Gasteiger partial charge in [-0.1, -0.05) is 57.0 Å². The van der Waals surface area contributed by atoms with E-state index in [9.17, 15) is 4.79 Å². The minimum Gasteiger partial charge on any atom is -0.303 e. The number of hydrogen-bond donors (Lipinski definition) is 0. The van der Waals surface area contributed by atoms with E-state index >= 15 is 0 Å². The highest BCUT2D eigenvalue weighted by Crippen LogP contribution is 2.28. The second-order valence-electron chi connectivity index (χ2n) is 4.60. The Morgan fingerprint density at radius 3 is 2.50 bits per heavy atom. The second-order valence-corrected chi connectivity index (χ2v) is 4.60. The minimum absolute atomic E-state index is 0.169. The maximum Gasteiger partial charge on any atom is 0.122 e. The Labute approximate surface area is 98.9 Å². The topological polar surface area (TPSA) is 17.1 Å². The lowest BCUT2D eigenvalue weighted by molar-refractivity contribution is -0.110. The van der Waals surface area contributed by atoms with Gasteiger partial charge in [-0.3, -0.25) is 0 Å². The summed E-state index contributed by atoms with van der Waals surface area (Å²) >= 11 is 0. The summed E-state index contributed by atoms with van der Waals surface area (Å²) in [5.41, 5.74) is 1.38. The molecule has 0 aliphatic rings. The fraction of sp³-hybridized carbons (Fsp3) is 0.533. The predicted octanol–water partition coefficient (Wildman–Crippen LogP) is 4.19. The van der Waals surface area contributed by atoms with E-state index in [4.69, 9.17) is 0 Å². The number of carbonyl (C=O) groups is 1. The van der Waals surface area contributed by atoms with Gasteiger partial charge < -0.3 is 4.79 Å². The van der Waals surface area contributed by atoms with Crippen LogP contribution in [0.5, 0.6) is 0 Å². The monoisotopic (exact) mass is 218 g/mol. The molecule has 1 heteroatoms. The van der Waals surface area contributed by atoms with Crippen molar-refractivity contribution >= 4 is 6.29 Å². The van der Waals surface area contributed by atoms with E-state index in [2.05, 4.69) is 31.2 Å². The zero-order valence-corrected chi connectivity index (χ0v) is 10.4. The molecule has 0 heterocycles. The van der Waals surface area contributed by atoms with E-state index in [1.165, 1.54) is 24.8 Å². The van der Waals surface area contributed by atoms with Crippen LogP contribution >= 0.6 is 0 Å². The third-order valence-electron chi connectivity index (χ3n) is 3.07. The van der Waals surface area contributed by atoms with Crippen molar-refractivity contribution in [1.29, 1.82) is 0 Å². The summed E-state index contributed by atoms with van der Waals surface area (Å²) in [5, 5.41) is 0.